The van der Waals surface area contributed by atoms with Crippen LogP contribution in [0.25, 0.3) is 0 Å². The van der Waals surface area contributed by atoms with E-state index in [1.165, 1.54) is 4.57 Å². The lowest BCUT2D eigenvalue weighted by molar-refractivity contribution is 0.0568. The highest BCUT2D eigenvalue weighted by molar-refractivity contribution is 9.10. The summed E-state index contributed by atoms with van der Waals surface area (Å²) in [6.45, 7) is 1.28. The zero-order valence-corrected chi connectivity index (χ0v) is 10.1. The normalized spacial score (nSPS) is 11.7. The second-order valence-corrected chi connectivity index (χ2v) is 4.28. The average Bonchev–Trinajstić information content (AvgIpc) is 2.27. The van der Waals surface area contributed by atoms with Crippen molar-refractivity contribution in [2.45, 2.75) is 18.9 Å². The van der Waals surface area contributed by atoms with Crippen LogP contribution in [-0.2, 0) is 5.54 Å². The molecule has 0 spiro atoms. The Labute approximate surface area is 96.3 Å². The minimum Gasteiger partial charge on any atom is -0.394 e. The summed E-state index contributed by atoms with van der Waals surface area (Å²) in [5.41, 5.74) is -1.16. The van der Waals surface area contributed by atoms with Gasteiger partial charge >= 0.3 is 0 Å². The predicted octanol–water partition coefficient (Wildman–Crippen LogP) is 0.701. The summed E-state index contributed by atoms with van der Waals surface area (Å²) in [6, 6.07) is 3.33. The van der Waals surface area contributed by atoms with Crippen LogP contribution in [-0.4, -0.2) is 28.0 Å². The maximum absolute atomic E-state index is 11.8. The monoisotopic (exact) mass is 275 g/mol. The Kier molecular flexibility index (Phi) is 4.07. The molecule has 0 aliphatic heterocycles. The second-order valence-electron chi connectivity index (χ2n) is 3.43. The molecule has 1 rings (SSSR count). The number of aromatic nitrogens is 1. The van der Waals surface area contributed by atoms with E-state index in [4.69, 9.17) is 0 Å². The minimum absolute atomic E-state index is 0.248. The zero-order valence-electron chi connectivity index (χ0n) is 8.48. The molecule has 15 heavy (non-hydrogen) atoms. The van der Waals surface area contributed by atoms with Gasteiger partial charge in [-0.25, -0.2) is 0 Å². The standard InChI is InChI=1S/C10H14BrNO3/c1-2-10(6-13,7-14)12-5-3-4-8(11)9(12)15/h3-5,13-14H,2,6-7H2,1H3. The summed E-state index contributed by atoms with van der Waals surface area (Å²) in [7, 11) is 0. The molecule has 1 aromatic heterocycles. The predicted molar refractivity (Wildman–Crippen MR) is 60.8 cm³/mol. The fourth-order valence-electron chi connectivity index (χ4n) is 1.44. The van der Waals surface area contributed by atoms with E-state index in [1.54, 1.807) is 18.3 Å². The van der Waals surface area contributed by atoms with Crippen molar-refractivity contribution in [1.82, 2.24) is 4.57 Å². The van der Waals surface area contributed by atoms with E-state index < -0.39 is 5.54 Å². The molecule has 0 aliphatic rings. The Bertz CT molecular complexity index is 376. The van der Waals surface area contributed by atoms with Crippen LogP contribution in [0.2, 0.25) is 0 Å². The lowest BCUT2D eigenvalue weighted by Crippen LogP contribution is -2.46. The molecule has 1 heterocycles. The fraction of sp³-hybridized carbons (Fsp3) is 0.500. The van der Waals surface area contributed by atoms with Crippen LogP contribution < -0.4 is 5.56 Å². The molecule has 0 saturated heterocycles. The van der Waals surface area contributed by atoms with Crippen molar-refractivity contribution >= 4 is 15.9 Å². The van der Waals surface area contributed by atoms with Gasteiger partial charge in [0.15, 0.2) is 0 Å². The van der Waals surface area contributed by atoms with Gasteiger partial charge in [0, 0.05) is 6.20 Å². The van der Waals surface area contributed by atoms with Gasteiger partial charge in [-0.15, -0.1) is 0 Å². The number of hydrogen-bond donors (Lipinski definition) is 2. The third-order valence-electron chi connectivity index (χ3n) is 2.66. The SMILES string of the molecule is CCC(CO)(CO)n1cccc(Br)c1=O. The number of halogens is 1. The molecular weight excluding hydrogens is 262 g/mol. The summed E-state index contributed by atoms with van der Waals surface area (Å²) < 4.78 is 1.79. The molecule has 2 N–H and O–H groups in total. The molecule has 0 atom stereocenters. The topological polar surface area (TPSA) is 62.5 Å². The molecule has 0 bridgehead atoms. The van der Waals surface area contributed by atoms with Gasteiger partial charge in [-0.3, -0.25) is 4.79 Å². The number of rotatable bonds is 4. The summed E-state index contributed by atoms with van der Waals surface area (Å²) in [4.78, 5) is 11.8. The molecule has 1 aromatic rings. The Morgan fingerprint density at radius 1 is 1.47 bits per heavy atom. The van der Waals surface area contributed by atoms with Crippen LogP contribution in [0.5, 0.6) is 0 Å². The van der Waals surface area contributed by atoms with Crippen LogP contribution in [0.15, 0.2) is 27.6 Å². The van der Waals surface area contributed by atoms with Crippen molar-refractivity contribution in [3.63, 3.8) is 0 Å². The first-order chi connectivity index (χ1) is 7.11. The molecule has 0 fully saturated rings. The van der Waals surface area contributed by atoms with Crippen molar-refractivity contribution < 1.29 is 10.2 Å². The van der Waals surface area contributed by atoms with Crippen LogP contribution in [0.4, 0.5) is 0 Å². The van der Waals surface area contributed by atoms with Crippen molar-refractivity contribution in [3.8, 4) is 0 Å². The van der Waals surface area contributed by atoms with Crippen LogP contribution in [0.1, 0.15) is 13.3 Å². The molecule has 0 amide bonds. The van der Waals surface area contributed by atoms with E-state index in [1.807, 2.05) is 6.92 Å². The van der Waals surface area contributed by atoms with E-state index in [0.717, 1.165) is 0 Å². The average molecular weight is 276 g/mol. The van der Waals surface area contributed by atoms with Crippen LogP contribution >= 0.6 is 15.9 Å². The Morgan fingerprint density at radius 3 is 2.53 bits per heavy atom. The van der Waals surface area contributed by atoms with Crippen molar-refractivity contribution in [2.75, 3.05) is 13.2 Å². The largest absolute Gasteiger partial charge is 0.394 e. The van der Waals surface area contributed by atoms with Gasteiger partial charge in [0.2, 0.25) is 0 Å². The zero-order chi connectivity index (χ0) is 11.5. The maximum Gasteiger partial charge on any atom is 0.265 e. The maximum atomic E-state index is 11.8. The Balaban J connectivity index is 3.35. The highest BCUT2D eigenvalue weighted by Crippen LogP contribution is 2.18. The highest BCUT2D eigenvalue weighted by atomic mass is 79.9. The Hall–Kier alpha value is -0.650. The first-order valence-electron chi connectivity index (χ1n) is 4.70. The summed E-state index contributed by atoms with van der Waals surface area (Å²) in [5, 5.41) is 18.6. The van der Waals surface area contributed by atoms with Gasteiger partial charge < -0.3 is 14.8 Å². The summed E-state index contributed by atoms with van der Waals surface area (Å²) >= 11 is 3.13. The number of nitrogens with zero attached hydrogens (tertiary/aromatic N) is 1. The molecule has 0 unspecified atom stereocenters. The quantitative estimate of drug-likeness (QED) is 0.851. The van der Waals surface area contributed by atoms with Gasteiger partial charge in [0.05, 0.1) is 23.2 Å². The first-order valence-corrected chi connectivity index (χ1v) is 5.50. The number of pyridine rings is 1. The van der Waals surface area contributed by atoms with Crippen molar-refractivity contribution in [2.24, 2.45) is 0 Å². The molecule has 84 valence electrons. The van der Waals surface area contributed by atoms with E-state index in [-0.39, 0.29) is 18.8 Å². The van der Waals surface area contributed by atoms with Crippen LogP contribution in [0.3, 0.4) is 0 Å². The molecule has 0 radical (unpaired) electrons. The summed E-state index contributed by atoms with van der Waals surface area (Å²) in [6.07, 6.45) is 2.05. The molecule has 0 aromatic carbocycles. The molecule has 0 saturated carbocycles. The lowest BCUT2D eigenvalue weighted by Gasteiger charge is -2.30. The molecule has 4 nitrogen and oxygen atoms in total. The van der Waals surface area contributed by atoms with E-state index in [2.05, 4.69) is 15.9 Å². The fourth-order valence-corrected chi connectivity index (χ4v) is 1.78. The molecule has 0 aliphatic carbocycles. The van der Waals surface area contributed by atoms with Crippen molar-refractivity contribution in [1.29, 1.82) is 0 Å². The Morgan fingerprint density at radius 2 is 2.07 bits per heavy atom. The molecular formula is C10H14BrNO3. The highest BCUT2D eigenvalue weighted by Gasteiger charge is 2.29. The van der Waals surface area contributed by atoms with Crippen LogP contribution in [0, 0.1) is 0 Å². The third kappa shape index (κ3) is 2.14. The van der Waals surface area contributed by atoms with Gasteiger partial charge in [-0.05, 0) is 34.5 Å². The van der Waals surface area contributed by atoms with Gasteiger partial charge in [0.1, 0.15) is 0 Å². The van der Waals surface area contributed by atoms with E-state index in [9.17, 15) is 15.0 Å². The van der Waals surface area contributed by atoms with Gasteiger partial charge in [0.25, 0.3) is 5.56 Å². The second kappa shape index (κ2) is 4.92. The number of hydrogen-bond acceptors (Lipinski definition) is 3. The summed E-state index contributed by atoms with van der Waals surface area (Å²) in [5.74, 6) is 0. The number of aliphatic hydroxyl groups excluding tert-OH is 2. The first kappa shape index (κ1) is 12.4. The minimum atomic E-state index is -0.916. The van der Waals surface area contributed by atoms with E-state index in [0.29, 0.717) is 10.9 Å². The van der Waals surface area contributed by atoms with E-state index >= 15 is 0 Å². The number of aliphatic hydroxyl groups is 2. The van der Waals surface area contributed by atoms with Gasteiger partial charge in [-0.1, -0.05) is 6.92 Å². The smallest absolute Gasteiger partial charge is 0.265 e. The third-order valence-corrected chi connectivity index (χ3v) is 3.26. The molecule has 5 heteroatoms. The van der Waals surface area contributed by atoms with Crippen molar-refractivity contribution in [3.05, 3.63) is 33.2 Å². The lowest BCUT2D eigenvalue weighted by atomic mass is 9.98. The van der Waals surface area contributed by atoms with Gasteiger partial charge in [-0.2, -0.15) is 0 Å².